The SMILES string of the molecule is C[C@@H](NC(=O)c1ccc(NNC(=O)CN2CCN(CC(=O)O)CCN(CC(=O)O)CC2)cc1)C(=O)N1CCC[C@H]1B(O)O. The number of amides is 3. The van der Waals surface area contributed by atoms with Crippen molar-refractivity contribution in [3.63, 3.8) is 0 Å². The van der Waals surface area contributed by atoms with Crippen molar-refractivity contribution in [1.29, 1.82) is 0 Å². The van der Waals surface area contributed by atoms with Crippen molar-refractivity contribution in [3.05, 3.63) is 29.8 Å². The summed E-state index contributed by atoms with van der Waals surface area (Å²) in [5.41, 5.74) is 6.15. The number of nitrogens with zero attached hydrogens (tertiary/aromatic N) is 4. The van der Waals surface area contributed by atoms with Crippen molar-refractivity contribution in [2.45, 2.75) is 31.7 Å². The van der Waals surface area contributed by atoms with Gasteiger partial charge in [-0.2, -0.15) is 0 Å². The number of rotatable bonds is 12. The molecule has 0 radical (unpaired) electrons. The van der Waals surface area contributed by atoms with Crippen LogP contribution >= 0.6 is 0 Å². The molecule has 0 bridgehead atoms. The molecule has 0 aromatic heterocycles. The summed E-state index contributed by atoms with van der Waals surface area (Å²) in [4.78, 5) is 67.1. The molecule has 3 rings (SSSR count). The molecular formula is C26H40BN7O9. The van der Waals surface area contributed by atoms with Crippen LogP contribution in [0.5, 0.6) is 0 Å². The maximum Gasteiger partial charge on any atom is 0.475 e. The number of carboxylic acid groups (broad SMARTS) is 2. The number of hydrogen-bond donors (Lipinski definition) is 7. The molecule has 2 aliphatic rings. The second-order valence-corrected chi connectivity index (χ2v) is 10.7. The predicted octanol–water partition coefficient (Wildman–Crippen LogP) is -2.66. The molecule has 7 N–H and O–H groups in total. The Kier molecular flexibility index (Phi) is 12.7. The Bertz CT molecular complexity index is 1110. The lowest BCUT2D eigenvalue weighted by Gasteiger charge is -2.27. The van der Waals surface area contributed by atoms with Crippen LogP contribution in [0.4, 0.5) is 5.69 Å². The van der Waals surface area contributed by atoms with E-state index in [1.165, 1.54) is 24.0 Å². The average Bonchev–Trinajstić information content (AvgIpc) is 3.47. The van der Waals surface area contributed by atoms with Crippen molar-refractivity contribution in [2.75, 3.05) is 70.9 Å². The summed E-state index contributed by atoms with van der Waals surface area (Å²) < 4.78 is 0. The van der Waals surface area contributed by atoms with Crippen molar-refractivity contribution in [3.8, 4) is 0 Å². The molecule has 43 heavy (non-hydrogen) atoms. The van der Waals surface area contributed by atoms with Gasteiger partial charge in [0.15, 0.2) is 0 Å². The van der Waals surface area contributed by atoms with Crippen LogP contribution in [0.15, 0.2) is 24.3 Å². The van der Waals surface area contributed by atoms with Gasteiger partial charge in [0.1, 0.15) is 6.04 Å². The summed E-state index contributed by atoms with van der Waals surface area (Å²) in [6.45, 7) is 4.01. The molecule has 0 saturated carbocycles. The number of hydrazine groups is 1. The first-order chi connectivity index (χ1) is 20.4. The van der Waals surface area contributed by atoms with Crippen LogP contribution in [0, 0.1) is 0 Å². The second kappa shape index (κ2) is 16.2. The number of carboxylic acids is 2. The standard InChI is InChI=1S/C26H40BN7O9/c1-18(26(41)34-8-2-3-21(34)27(42)43)28-25(40)19-4-6-20(7-5-19)29-30-22(35)15-31-9-11-32(16-23(36)37)13-14-33(12-10-31)17-24(38)39/h4-7,18,21,29,42-43H,2-3,8-17H2,1H3,(H,28,40)(H,30,35)(H,36,37)(H,38,39)/t18-,21+/m1/s1. The third kappa shape index (κ3) is 10.8. The van der Waals surface area contributed by atoms with E-state index < -0.39 is 42.9 Å². The number of aliphatic carboxylic acids is 2. The lowest BCUT2D eigenvalue weighted by atomic mass is 9.78. The Balaban J connectivity index is 1.49. The zero-order valence-electron chi connectivity index (χ0n) is 24.1. The number of benzene rings is 1. The number of hydrogen-bond acceptors (Lipinski definition) is 11. The van der Waals surface area contributed by atoms with Crippen LogP contribution < -0.4 is 16.2 Å². The van der Waals surface area contributed by atoms with Crippen LogP contribution in [0.2, 0.25) is 0 Å². The van der Waals surface area contributed by atoms with Crippen LogP contribution in [0.25, 0.3) is 0 Å². The Morgan fingerprint density at radius 3 is 1.84 bits per heavy atom. The molecule has 17 heteroatoms. The molecule has 0 unspecified atom stereocenters. The topological polar surface area (TPSA) is 215 Å². The summed E-state index contributed by atoms with van der Waals surface area (Å²) in [5, 5.41) is 40.0. The first-order valence-electron chi connectivity index (χ1n) is 14.2. The van der Waals surface area contributed by atoms with Gasteiger partial charge in [-0.25, -0.2) is 0 Å². The van der Waals surface area contributed by atoms with Gasteiger partial charge in [0.2, 0.25) is 5.91 Å². The zero-order valence-corrected chi connectivity index (χ0v) is 24.1. The van der Waals surface area contributed by atoms with Crippen LogP contribution in [-0.2, 0) is 19.2 Å². The van der Waals surface area contributed by atoms with E-state index in [9.17, 15) is 44.2 Å². The highest BCUT2D eigenvalue weighted by Gasteiger charge is 2.38. The average molecular weight is 605 g/mol. The number of carbonyl (C=O) groups is 5. The van der Waals surface area contributed by atoms with E-state index in [4.69, 9.17) is 0 Å². The van der Waals surface area contributed by atoms with Gasteiger partial charge in [-0.15, -0.1) is 0 Å². The summed E-state index contributed by atoms with van der Waals surface area (Å²) in [5.74, 6) is -3.91. The van der Waals surface area contributed by atoms with Gasteiger partial charge in [-0.3, -0.25) is 49.5 Å². The molecule has 2 aliphatic heterocycles. The molecule has 3 amide bonds. The highest BCUT2D eigenvalue weighted by Crippen LogP contribution is 2.19. The van der Waals surface area contributed by atoms with Crippen molar-refractivity contribution < 1.29 is 44.2 Å². The van der Waals surface area contributed by atoms with Crippen molar-refractivity contribution >= 4 is 42.5 Å². The minimum absolute atomic E-state index is 0.00753. The largest absolute Gasteiger partial charge is 0.480 e. The summed E-state index contributed by atoms with van der Waals surface area (Å²) in [6.07, 6.45) is 1.12. The van der Waals surface area contributed by atoms with Gasteiger partial charge in [0, 0.05) is 51.4 Å². The van der Waals surface area contributed by atoms with E-state index in [0.29, 0.717) is 64.3 Å². The number of nitrogens with one attached hydrogen (secondary N) is 3. The first kappa shape index (κ1) is 33.7. The molecule has 1 aromatic rings. The van der Waals surface area contributed by atoms with Gasteiger partial charge in [-0.1, -0.05) is 0 Å². The molecule has 0 spiro atoms. The Morgan fingerprint density at radius 1 is 0.837 bits per heavy atom. The van der Waals surface area contributed by atoms with E-state index >= 15 is 0 Å². The van der Waals surface area contributed by atoms with Crippen LogP contribution in [-0.4, -0.2) is 154 Å². The van der Waals surface area contributed by atoms with E-state index in [0.717, 1.165) is 0 Å². The monoisotopic (exact) mass is 605 g/mol. The third-order valence-electron chi connectivity index (χ3n) is 7.42. The molecular weight excluding hydrogens is 565 g/mol. The third-order valence-corrected chi connectivity index (χ3v) is 7.42. The van der Waals surface area contributed by atoms with E-state index in [2.05, 4.69) is 16.2 Å². The molecule has 16 nitrogen and oxygen atoms in total. The minimum Gasteiger partial charge on any atom is -0.480 e. The minimum atomic E-state index is -1.64. The lowest BCUT2D eigenvalue weighted by Crippen LogP contribution is -2.52. The van der Waals surface area contributed by atoms with E-state index in [-0.39, 0.29) is 31.1 Å². The van der Waals surface area contributed by atoms with Gasteiger partial charge in [0.05, 0.1) is 31.3 Å². The second-order valence-electron chi connectivity index (χ2n) is 10.7. The maximum atomic E-state index is 12.7. The smallest absolute Gasteiger partial charge is 0.475 e. The van der Waals surface area contributed by atoms with Crippen molar-refractivity contribution in [2.24, 2.45) is 0 Å². The zero-order chi connectivity index (χ0) is 31.5. The molecule has 2 saturated heterocycles. The summed E-state index contributed by atoms with van der Waals surface area (Å²) >= 11 is 0. The molecule has 2 atom stereocenters. The van der Waals surface area contributed by atoms with Gasteiger partial charge < -0.3 is 30.5 Å². The highest BCUT2D eigenvalue weighted by molar-refractivity contribution is 6.43. The predicted molar refractivity (Wildman–Crippen MR) is 155 cm³/mol. The fourth-order valence-corrected chi connectivity index (χ4v) is 5.10. The van der Waals surface area contributed by atoms with Crippen molar-refractivity contribution in [1.82, 2.24) is 30.3 Å². The Hall–Kier alpha value is -3.77. The first-order valence-corrected chi connectivity index (χ1v) is 14.2. The number of carbonyl (C=O) groups excluding carboxylic acids is 3. The quantitative estimate of drug-likeness (QED) is 0.0958. The van der Waals surface area contributed by atoms with E-state index in [1.807, 2.05) is 4.90 Å². The fraction of sp³-hybridized carbons (Fsp3) is 0.577. The van der Waals surface area contributed by atoms with Gasteiger partial charge in [-0.05, 0) is 44.0 Å². The number of likely N-dealkylation sites (tertiary alicyclic amines) is 1. The van der Waals surface area contributed by atoms with Crippen LogP contribution in [0.3, 0.4) is 0 Å². The summed E-state index contributed by atoms with van der Waals surface area (Å²) in [6, 6.07) is 5.33. The molecule has 2 heterocycles. The Morgan fingerprint density at radius 2 is 1.35 bits per heavy atom. The molecule has 236 valence electrons. The maximum absolute atomic E-state index is 12.7. The molecule has 1 aromatic carbocycles. The summed E-state index contributed by atoms with van der Waals surface area (Å²) in [7, 11) is -1.64. The molecule has 0 aliphatic carbocycles. The number of anilines is 1. The normalized spacial score (nSPS) is 19.4. The molecule has 2 fully saturated rings. The Labute approximate surface area is 249 Å². The van der Waals surface area contributed by atoms with Crippen LogP contribution in [0.1, 0.15) is 30.1 Å². The fourth-order valence-electron chi connectivity index (χ4n) is 5.10. The lowest BCUT2D eigenvalue weighted by molar-refractivity contribution is -0.140. The van der Waals surface area contributed by atoms with Gasteiger partial charge >= 0.3 is 19.1 Å². The highest BCUT2D eigenvalue weighted by atomic mass is 16.4. The van der Waals surface area contributed by atoms with E-state index in [1.54, 1.807) is 21.9 Å². The van der Waals surface area contributed by atoms with Gasteiger partial charge in [0.25, 0.3) is 11.8 Å².